The molecule has 5 heteroatoms. The van der Waals surface area contributed by atoms with E-state index in [1.54, 1.807) is 12.1 Å². The van der Waals surface area contributed by atoms with Gasteiger partial charge in [0, 0.05) is 5.69 Å². The molecule has 2 rings (SSSR count). The van der Waals surface area contributed by atoms with Gasteiger partial charge in [-0.05, 0) is 36.5 Å². The number of rotatable bonds is 1. The van der Waals surface area contributed by atoms with E-state index in [-0.39, 0.29) is 5.82 Å². The summed E-state index contributed by atoms with van der Waals surface area (Å²) in [7, 11) is 2.19. The maximum absolute atomic E-state index is 12.7. The number of quaternary nitrogens is 1. The Kier molecular flexibility index (Phi) is 3.91. The van der Waals surface area contributed by atoms with E-state index in [4.69, 9.17) is 12.2 Å². The first-order valence-electron chi connectivity index (χ1n) is 5.78. The Morgan fingerprint density at radius 1 is 1.29 bits per heavy atom. The second-order valence-electron chi connectivity index (χ2n) is 4.38. The van der Waals surface area contributed by atoms with Crippen molar-refractivity contribution >= 4 is 23.0 Å². The molecule has 0 spiro atoms. The largest absolute Gasteiger partial charge is 0.338 e. The minimum absolute atomic E-state index is 0.232. The Morgan fingerprint density at radius 3 is 2.47 bits per heavy atom. The molecule has 1 saturated heterocycles. The van der Waals surface area contributed by atoms with Gasteiger partial charge >= 0.3 is 0 Å². The Hall–Kier alpha value is -1.20. The fourth-order valence-electron chi connectivity index (χ4n) is 1.83. The van der Waals surface area contributed by atoms with Crippen molar-refractivity contribution in [3.8, 4) is 0 Å². The summed E-state index contributed by atoms with van der Waals surface area (Å²) >= 11 is 5.34. The molecular formula is C12H17FN3S+. The Labute approximate surface area is 106 Å². The van der Waals surface area contributed by atoms with E-state index in [9.17, 15) is 4.39 Å². The molecule has 3 nitrogen and oxygen atoms in total. The third kappa shape index (κ3) is 3.38. The Balaban J connectivity index is 1.90. The molecular weight excluding hydrogens is 237 g/mol. The van der Waals surface area contributed by atoms with Crippen molar-refractivity contribution in [3.05, 3.63) is 30.1 Å². The van der Waals surface area contributed by atoms with Gasteiger partial charge in [0.1, 0.15) is 5.82 Å². The number of nitrogens with one attached hydrogen (secondary N) is 2. The van der Waals surface area contributed by atoms with E-state index in [0.717, 1.165) is 37.0 Å². The highest BCUT2D eigenvalue weighted by Gasteiger charge is 2.18. The van der Waals surface area contributed by atoms with Gasteiger partial charge in [-0.2, -0.15) is 0 Å². The van der Waals surface area contributed by atoms with E-state index in [0.29, 0.717) is 0 Å². The SMILES string of the molecule is C[NH+]1CCN(C(=S)Nc2ccc(F)cc2)CC1. The molecule has 1 aromatic carbocycles. The number of anilines is 1. The van der Waals surface area contributed by atoms with Crippen molar-refractivity contribution in [2.45, 2.75) is 0 Å². The van der Waals surface area contributed by atoms with Crippen LogP contribution in [0.5, 0.6) is 0 Å². The van der Waals surface area contributed by atoms with Gasteiger partial charge in [0.15, 0.2) is 5.11 Å². The van der Waals surface area contributed by atoms with Crippen LogP contribution in [0.3, 0.4) is 0 Å². The summed E-state index contributed by atoms with van der Waals surface area (Å²) in [6.07, 6.45) is 0. The van der Waals surface area contributed by atoms with Crippen LogP contribution in [0.4, 0.5) is 10.1 Å². The van der Waals surface area contributed by atoms with Gasteiger partial charge in [-0.1, -0.05) is 0 Å². The quantitative estimate of drug-likeness (QED) is 0.706. The number of benzene rings is 1. The maximum atomic E-state index is 12.7. The fraction of sp³-hybridized carbons (Fsp3) is 0.417. The van der Waals surface area contributed by atoms with Gasteiger partial charge in [0.25, 0.3) is 0 Å². The molecule has 0 aromatic heterocycles. The summed E-state index contributed by atoms with van der Waals surface area (Å²) in [6, 6.07) is 6.25. The highest BCUT2D eigenvalue weighted by atomic mass is 32.1. The molecule has 0 amide bonds. The summed E-state index contributed by atoms with van der Waals surface area (Å²) in [5.41, 5.74) is 0.836. The van der Waals surface area contributed by atoms with Crippen LogP contribution in [0, 0.1) is 5.82 Å². The molecule has 0 radical (unpaired) electrons. The first kappa shape index (κ1) is 12.3. The number of hydrogen-bond acceptors (Lipinski definition) is 1. The molecule has 0 aliphatic carbocycles. The molecule has 0 saturated carbocycles. The molecule has 1 fully saturated rings. The topological polar surface area (TPSA) is 19.7 Å². The number of piperazine rings is 1. The zero-order valence-electron chi connectivity index (χ0n) is 9.87. The molecule has 1 aromatic rings. The van der Waals surface area contributed by atoms with Gasteiger partial charge in [-0.15, -0.1) is 0 Å². The standard InChI is InChI=1S/C12H16FN3S/c1-15-6-8-16(9-7-15)12(17)14-11-4-2-10(13)3-5-11/h2-5H,6-9H2,1H3,(H,14,17)/p+1. The smallest absolute Gasteiger partial charge is 0.173 e. The molecule has 1 aliphatic rings. The number of halogens is 1. The third-order valence-electron chi connectivity index (χ3n) is 3.00. The van der Waals surface area contributed by atoms with Crippen LogP contribution in [0.15, 0.2) is 24.3 Å². The number of nitrogens with zero attached hydrogens (tertiary/aromatic N) is 1. The van der Waals surface area contributed by atoms with E-state index in [1.807, 2.05) is 0 Å². The zero-order valence-corrected chi connectivity index (χ0v) is 10.7. The van der Waals surface area contributed by atoms with Crippen LogP contribution in [-0.4, -0.2) is 43.2 Å². The Morgan fingerprint density at radius 2 is 1.88 bits per heavy atom. The lowest BCUT2D eigenvalue weighted by Gasteiger charge is -2.32. The van der Waals surface area contributed by atoms with Gasteiger partial charge in [0.05, 0.1) is 33.2 Å². The summed E-state index contributed by atoms with van der Waals surface area (Å²) in [5, 5.41) is 3.86. The second kappa shape index (κ2) is 5.42. The zero-order chi connectivity index (χ0) is 12.3. The van der Waals surface area contributed by atoms with Crippen LogP contribution in [-0.2, 0) is 0 Å². The van der Waals surface area contributed by atoms with Crippen LogP contribution >= 0.6 is 12.2 Å². The van der Waals surface area contributed by atoms with Crippen LogP contribution in [0.25, 0.3) is 0 Å². The molecule has 0 unspecified atom stereocenters. The molecule has 0 bridgehead atoms. The normalized spacial score (nSPS) is 16.9. The van der Waals surface area contributed by atoms with Crippen LogP contribution in [0.2, 0.25) is 0 Å². The third-order valence-corrected chi connectivity index (χ3v) is 3.36. The maximum Gasteiger partial charge on any atom is 0.173 e. The lowest BCUT2D eigenvalue weighted by atomic mass is 10.3. The minimum atomic E-state index is -0.232. The molecule has 17 heavy (non-hydrogen) atoms. The molecule has 0 atom stereocenters. The molecule has 1 heterocycles. The number of hydrogen-bond donors (Lipinski definition) is 2. The molecule has 92 valence electrons. The number of thiocarbonyl (C=S) groups is 1. The van der Waals surface area contributed by atoms with Gasteiger partial charge in [0.2, 0.25) is 0 Å². The van der Waals surface area contributed by atoms with Crippen molar-refractivity contribution in [1.82, 2.24) is 4.90 Å². The first-order valence-corrected chi connectivity index (χ1v) is 6.19. The van der Waals surface area contributed by atoms with Crippen LogP contribution < -0.4 is 10.2 Å². The van der Waals surface area contributed by atoms with E-state index >= 15 is 0 Å². The van der Waals surface area contributed by atoms with Crippen LogP contribution in [0.1, 0.15) is 0 Å². The summed E-state index contributed by atoms with van der Waals surface area (Å²) in [4.78, 5) is 3.69. The average molecular weight is 254 g/mol. The van der Waals surface area contributed by atoms with E-state index in [2.05, 4.69) is 17.3 Å². The monoisotopic (exact) mass is 254 g/mol. The predicted molar refractivity (Wildman–Crippen MR) is 70.8 cm³/mol. The van der Waals surface area contributed by atoms with E-state index in [1.165, 1.54) is 17.0 Å². The van der Waals surface area contributed by atoms with Crippen molar-refractivity contribution in [2.24, 2.45) is 0 Å². The minimum Gasteiger partial charge on any atom is -0.338 e. The lowest BCUT2D eigenvalue weighted by Crippen LogP contribution is -3.12. The van der Waals surface area contributed by atoms with E-state index < -0.39 is 0 Å². The predicted octanol–water partition coefficient (Wildman–Crippen LogP) is 0.353. The van der Waals surface area contributed by atoms with Gasteiger partial charge in [-0.25, -0.2) is 4.39 Å². The average Bonchev–Trinajstić information content (AvgIpc) is 2.33. The molecule has 2 N–H and O–H groups in total. The highest BCUT2D eigenvalue weighted by molar-refractivity contribution is 7.80. The second-order valence-corrected chi connectivity index (χ2v) is 4.77. The fourth-order valence-corrected chi connectivity index (χ4v) is 2.13. The van der Waals surface area contributed by atoms with Gasteiger partial charge < -0.3 is 15.1 Å². The molecule has 1 aliphatic heterocycles. The summed E-state index contributed by atoms with van der Waals surface area (Å²) in [5.74, 6) is -0.232. The van der Waals surface area contributed by atoms with Crippen molar-refractivity contribution < 1.29 is 9.29 Å². The summed E-state index contributed by atoms with van der Waals surface area (Å²) in [6.45, 7) is 4.15. The first-order chi connectivity index (χ1) is 8.15. The summed E-state index contributed by atoms with van der Waals surface area (Å²) < 4.78 is 12.7. The number of likely N-dealkylation sites (N-methyl/N-ethyl adjacent to an activating group) is 1. The van der Waals surface area contributed by atoms with Crippen molar-refractivity contribution in [2.75, 3.05) is 38.5 Å². The van der Waals surface area contributed by atoms with Crippen molar-refractivity contribution in [1.29, 1.82) is 0 Å². The van der Waals surface area contributed by atoms with Crippen molar-refractivity contribution in [3.63, 3.8) is 0 Å². The Bertz CT molecular complexity index is 385. The highest BCUT2D eigenvalue weighted by Crippen LogP contribution is 2.09. The van der Waals surface area contributed by atoms with Gasteiger partial charge in [-0.3, -0.25) is 0 Å². The lowest BCUT2D eigenvalue weighted by molar-refractivity contribution is -0.883.